The molecule has 0 unspecified atom stereocenters. The Hall–Kier alpha value is -7.95. The first kappa shape index (κ1) is 33.2. The highest BCUT2D eigenvalue weighted by molar-refractivity contribution is 6.17. The molecule has 59 heavy (non-hydrogen) atoms. The molecule has 0 saturated carbocycles. The van der Waals surface area contributed by atoms with Crippen LogP contribution >= 0.6 is 0 Å². The molecule has 4 heteroatoms. The first-order valence-electron chi connectivity index (χ1n) is 20.0. The molecule has 0 spiro atoms. The van der Waals surface area contributed by atoms with E-state index in [2.05, 4.69) is 221 Å². The number of fused-ring (bicyclic) bond motifs is 7. The molecular weight excluding hydrogens is 719 g/mol. The van der Waals surface area contributed by atoms with Crippen molar-refractivity contribution < 1.29 is 4.42 Å². The standard InChI is InChI=1S/C55H35N3O/c1-4-16-36(17-5-1)38-30-31-44-43-24-10-12-27-48(43)58(51(44)34-38)50-29-15-25-45-53-46(33-41(35-52(53)59-54(45)50)37-18-6-2-7-19-37)39-20-14-21-40(32-39)55-56-47-26-11-13-28-49(47)57(55)42-22-8-3-9-23-42/h1-35H. The topological polar surface area (TPSA) is 35.9 Å². The SMILES string of the molecule is c1ccc(-c2cc(-c3cccc(-c4nc5ccccc5n4-c4ccccc4)c3)c3c(c2)oc2c(-n4c5ccccc5c5ccc(-c6ccccc6)cc54)cccc23)cc1. The monoisotopic (exact) mass is 753 g/mol. The molecule has 3 aromatic heterocycles. The van der Waals surface area contributed by atoms with Crippen molar-refractivity contribution in [1.29, 1.82) is 0 Å². The van der Waals surface area contributed by atoms with E-state index in [-0.39, 0.29) is 0 Å². The number of imidazole rings is 1. The van der Waals surface area contributed by atoms with E-state index in [0.29, 0.717) is 0 Å². The van der Waals surface area contributed by atoms with Crippen LogP contribution in [0.4, 0.5) is 0 Å². The average Bonchev–Trinajstić information content (AvgIpc) is 3.99. The van der Waals surface area contributed by atoms with Gasteiger partial charge in [-0.15, -0.1) is 0 Å². The molecule has 0 N–H and O–H groups in total. The van der Waals surface area contributed by atoms with Gasteiger partial charge in [0.25, 0.3) is 0 Å². The first-order valence-corrected chi connectivity index (χ1v) is 20.0. The van der Waals surface area contributed by atoms with Crippen LogP contribution in [-0.2, 0) is 0 Å². The van der Waals surface area contributed by atoms with E-state index in [0.717, 1.165) is 89.0 Å². The third kappa shape index (κ3) is 5.34. The predicted molar refractivity (Wildman–Crippen MR) is 244 cm³/mol. The van der Waals surface area contributed by atoms with Crippen LogP contribution in [0, 0.1) is 0 Å². The number of aromatic nitrogens is 3. The molecule has 0 aliphatic heterocycles. The van der Waals surface area contributed by atoms with Crippen LogP contribution in [0.25, 0.3) is 111 Å². The lowest BCUT2D eigenvalue weighted by Crippen LogP contribution is -1.97. The van der Waals surface area contributed by atoms with Crippen molar-refractivity contribution in [2.24, 2.45) is 0 Å². The van der Waals surface area contributed by atoms with Gasteiger partial charge in [0.05, 0.1) is 27.8 Å². The van der Waals surface area contributed by atoms with E-state index in [1.165, 1.54) is 21.9 Å². The van der Waals surface area contributed by atoms with Crippen molar-refractivity contribution in [1.82, 2.24) is 14.1 Å². The molecule has 0 radical (unpaired) electrons. The highest BCUT2D eigenvalue weighted by Crippen LogP contribution is 2.44. The molecule has 9 aromatic carbocycles. The summed E-state index contributed by atoms with van der Waals surface area (Å²) >= 11 is 0. The maximum atomic E-state index is 7.14. The average molecular weight is 754 g/mol. The summed E-state index contributed by atoms with van der Waals surface area (Å²) in [7, 11) is 0. The largest absolute Gasteiger partial charge is 0.454 e. The Balaban J connectivity index is 1.12. The molecule has 0 aliphatic rings. The smallest absolute Gasteiger partial charge is 0.159 e. The zero-order valence-corrected chi connectivity index (χ0v) is 32.0. The van der Waals surface area contributed by atoms with Gasteiger partial charge < -0.3 is 8.98 Å². The van der Waals surface area contributed by atoms with Crippen molar-refractivity contribution in [3.63, 3.8) is 0 Å². The molecule has 4 nitrogen and oxygen atoms in total. The predicted octanol–water partition coefficient (Wildman–Crippen LogP) is 14.7. The van der Waals surface area contributed by atoms with Gasteiger partial charge in [-0.25, -0.2) is 4.98 Å². The number of nitrogens with zero attached hydrogens (tertiary/aromatic N) is 3. The van der Waals surface area contributed by atoms with Gasteiger partial charge in [-0.1, -0.05) is 152 Å². The summed E-state index contributed by atoms with van der Waals surface area (Å²) in [4.78, 5) is 5.22. The molecule has 0 aliphatic carbocycles. The van der Waals surface area contributed by atoms with Gasteiger partial charge in [-0.2, -0.15) is 0 Å². The van der Waals surface area contributed by atoms with Gasteiger partial charge >= 0.3 is 0 Å². The Bertz CT molecular complexity index is 3540. The summed E-state index contributed by atoms with van der Waals surface area (Å²) in [6.45, 7) is 0. The van der Waals surface area contributed by atoms with Gasteiger partial charge in [-0.05, 0) is 94.0 Å². The molecule has 3 heterocycles. The van der Waals surface area contributed by atoms with Crippen LogP contribution in [0.1, 0.15) is 0 Å². The fraction of sp³-hybridized carbons (Fsp3) is 0. The zero-order valence-electron chi connectivity index (χ0n) is 32.0. The van der Waals surface area contributed by atoms with E-state index < -0.39 is 0 Å². The summed E-state index contributed by atoms with van der Waals surface area (Å²) in [6, 6.07) is 75.5. The number of furan rings is 1. The molecular formula is C55H35N3O. The van der Waals surface area contributed by atoms with E-state index in [4.69, 9.17) is 9.40 Å². The minimum Gasteiger partial charge on any atom is -0.454 e. The summed E-state index contributed by atoms with van der Waals surface area (Å²) < 4.78 is 11.8. The Morgan fingerprint density at radius 3 is 1.81 bits per heavy atom. The maximum absolute atomic E-state index is 7.14. The highest BCUT2D eigenvalue weighted by atomic mass is 16.3. The molecule has 0 atom stereocenters. The van der Waals surface area contributed by atoms with Gasteiger partial charge in [-0.3, -0.25) is 4.57 Å². The Morgan fingerprint density at radius 1 is 0.373 bits per heavy atom. The molecule has 0 saturated heterocycles. The van der Waals surface area contributed by atoms with Crippen molar-refractivity contribution in [2.75, 3.05) is 0 Å². The Morgan fingerprint density at radius 2 is 1.00 bits per heavy atom. The molecule has 12 rings (SSSR count). The van der Waals surface area contributed by atoms with Gasteiger partial charge in [0.1, 0.15) is 11.4 Å². The Labute approximate surface area is 340 Å². The van der Waals surface area contributed by atoms with E-state index in [9.17, 15) is 0 Å². The van der Waals surface area contributed by atoms with Crippen LogP contribution in [0.3, 0.4) is 0 Å². The lowest BCUT2D eigenvalue weighted by atomic mass is 9.93. The quantitative estimate of drug-likeness (QED) is 0.169. The van der Waals surface area contributed by atoms with Gasteiger partial charge in [0.2, 0.25) is 0 Å². The van der Waals surface area contributed by atoms with Crippen LogP contribution in [0.2, 0.25) is 0 Å². The summed E-state index contributed by atoms with van der Waals surface area (Å²) in [6.07, 6.45) is 0. The molecule has 12 aromatic rings. The van der Waals surface area contributed by atoms with Crippen molar-refractivity contribution in [2.45, 2.75) is 0 Å². The Kier molecular flexibility index (Phi) is 7.50. The number of hydrogen-bond donors (Lipinski definition) is 0. The minimum absolute atomic E-state index is 0.844. The molecule has 0 fully saturated rings. The third-order valence-electron chi connectivity index (χ3n) is 11.7. The lowest BCUT2D eigenvalue weighted by Gasteiger charge is -2.12. The van der Waals surface area contributed by atoms with Crippen molar-refractivity contribution >= 4 is 54.8 Å². The van der Waals surface area contributed by atoms with Gasteiger partial charge in [0.15, 0.2) is 5.58 Å². The maximum Gasteiger partial charge on any atom is 0.159 e. The molecule has 0 bridgehead atoms. The lowest BCUT2D eigenvalue weighted by molar-refractivity contribution is 0.666. The van der Waals surface area contributed by atoms with Gasteiger partial charge in [0, 0.05) is 32.8 Å². The second-order valence-electron chi connectivity index (χ2n) is 15.1. The highest BCUT2D eigenvalue weighted by Gasteiger charge is 2.22. The molecule has 0 amide bonds. The van der Waals surface area contributed by atoms with Crippen molar-refractivity contribution in [3.05, 3.63) is 212 Å². The zero-order chi connectivity index (χ0) is 38.9. The normalized spacial score (nSPS) is 11.7. The van der Waals surface area contributed by atoms with Crippen LogP contribution in [0.5, 0.6) is 0 Å². The summed E-state index contributed by atoms with van der Waals surface area (Å²) in [5.74, 6) is 0.898. The van der Waals surface area contributed by atoms with Crippen LogP contribution in [0.15, 0.2) is 217 Å². The first-order chi connectivity index (χ1) is 29.3. The minimum atomic E-state index is 0.844. The van der Waals surface area contributed by atoms with E-state index >= 15 is 0 Å². The van der Waals surface area contributed by atoms with E-state index in [1.54, 1.807) is 0 Å². The fourth-order valence-electron chi connectivity index (χ4n) is 9.04. The number of benzene rings is 9. The second-order valence-corrected chi connectivity index (χ2v) is 15.1. The number of rotatable bonds is 6. The number of hydrogen-bond acceptors (Lipinski definition) is 2. The third-order valence-corrected chi connectivity index (χ3v) is 11.7. The fourth-order valence-corrected chi connectivity index (χ4v) is 9.04. The summed E-state index contributed by atoms with van der Waals surface area (Å²) in [5.41, 5.74) is 15.9. The van der Waals surface area contributed by atoms with Crippen molar-refractivity contribution in [3.8, 4) is 56.1 Å². The molecule has 276 valence electrons. The van der Waals surface area contributed by atoms with Crippen LogP contribution in [-0.4, -0.2) is 14.1 Å². The number of para-hydroxylation sites is 5. The van der Waals surface area contributed by atoms with Crippen LogP contribution < -0.4 is 0 Å². The van der Waals surface area contributed by atoms with E-state index in [1.807, 2.05) is 0 Å². The second kappa shape index (κ2) is 13.3. The summed E-state index contributed by atoms with van der Waals surface area (Å²) in [5, 5.41) is 4.57.